The smallest absolute Gasteiger partial charge is 0.224 e. The van der Waals surface area contributed by atoms with Crippen LogP contribution in [0.25, 0.3) is 0 Å². The molecule has 2 aromatic rings. The van der Waals surface area contributed by atoms with E-state index >= 15 is 0 Å². The Morgan fingerprint density at radius 3 is 2.42 bits per heavy atom. The number of benzene rings is 2. The summed E-state index contributed by atoms with van der Waals surface area (Å²) in [7, 11) is 0. The number of amides is 2. The maximum absolute atomic E-state index is 13.2. The third-order valence-electron chi connectivity index (χ3n) is 8.88. The second kappa shape index (κ2) is 11.1. The fraction of sp³-hybridized carbons (Fsp3) is 0.533. The molecule has 3 N–H and O–H groups in total. The second-order valence-corrected chi connectivity index (χ2v) is 11.2. The third kappa shape index (κ3) is 5.80. The van der Waals surface area contributed by atoms with Crippen molar-refractivity contribution >= 4 is 11.8 Å². The van der Waals surface area contributed by atoms with Gasteiger partial charge in [-0.25, -0.2) is 4.39 Å². The Labute approximate surface area is 213 Å². The number of hydrogen-bond acceptors (Lipinski definition) is 3. The van der Waals surface area contributed by atoms with E-state index in [0.717, 1.165) is 36.8 Å². The minimum atomic E-state index is -0.612. The zero-order valence-electron chi connectivity index (χ0n) is 21.5. The number of rotatable bonds is 7. The zero-order valence-corrected chi connectivity index (χ0v) is 21.5. The Morgan fingerprint density at radius 2 is 1.72 bits per heavy atom. The minimum Gasteiger partial charge on any atom is -0.392 e. The molecule has 7 unspecified atom stereocenters. The highest BCUT2D eigenvalue weighted by Gasteiger charge is 2.53. The van der Waals surface area contributed by atoms with Crippen LogP contribution in [0.5, 0.6) is 0 Å². The monoisotopic (exact) mass is 494 g/mol. The first-order chi connectivity index (χ1) is 17.2. The summed E-state index contributed by atoms with van der Waals surface area (Å²) in [6.45, 7) is 6.62. The van der Waals surface area contributed by atoms with Gasteiger partial charge in [0.2, 0.25) is 11.8 Å². The van der Waals surface area contributed by atoms with Gasteiger partial charge < -0.3 is 15.7 Å². The van der Waals surface area contributed by atoms with Crippen LogP contribution in [-0.4, -0.2) is 29.1 Å². The van der Waals surface area contributed by atoms with Crippen LogP contribution in [0.2, 0.25) is 0 Å². The number of carbonyl (C=O) groups is 2. The maximum Gasteiger partial charge on any atom is 0.224 e. The topological polar surface area (TPSA) is 78.4 Å². The SMILES string of the molecule is CC(C(=O)NCc1ccc(F)cc1)C1CCC2(C)CCC(NC(=O)Cc3ccccc3)C(C)C2C1O. The van der Waals surface area contributed by atoms with E-state index in [1.54, 1.807) is 12.1 Å². The molecule has 2 amide bonds. The molecule has 4 rings (SSSR count). The predicted molar refractivity (Wildman–Crippen MR) is 138 cm³/mol. The van der Waals surface area contributed by atoms with Crippen LogP contribution in [-0.2, 0) is 22.6 Å². The molecule has 2 saturated carbocycles. The van der Waals surface area contributed by atoms with Crippen molar-refractivity contribution in [2.45, 2.75) is 71.6 Å². The molecule has 0 radical (unpaired) electrons. The second-order valence-electron chi connectivity index (χ2n) is 11.2. The standard InChI is InChI=1S/C30H39FN2O3/c1-19(29(36)32-18-22-9-11-23(31)12-10-22)24-13-15-30(3)16-14-25(20(2)27(30)28(24)35)33-26(34)17-21-7-5-4-6-8-21/h4-12,19-20,24-25,27-28,35H,13-18H2,1-3H3,(H,32,36)(H,33,34). The van der Waals surface area contributed by atoms with Gasteiger partial charge in [0.25, 0.3) is 0 Å². The van der Waals surface area contributed by atoms with E-state index in [4.69, 9.17) is 0 Å². The summed E-state index contributed by atoms with van der Waals surface area (Å²) >= 11 is 0. The fourth-order valence-electron chi connectivity index (χ4n) is 6.68. The first kappa shape index (κ1) is 26.3. The number of aliphatic hydroxyl groups is 1. The maximum atomic E-state index is 13.2. The first-order valence-electron chi connectivity index (χ1n) is 13.2. The molecule has 36 heavy (non-hydrogen) atoms. The number of nitrogens with one attached hydrogen (secondary N) is 2. The first-order valence-corrected chi connectivity index (χ1v) is 13.2. The van der Waals surface area contributed by atoms with Gasteiger partial charge in [0.05, 0.1) is 12.5 Å². The molecular weight excluding hydrogens is 455 g/mol. The van der Waals surface area contributed by atoms with Crippen molar-refractivity contribution < 1.29 is 19.1 Å². The van der Waals surface area contributed by atoms with Crippen molar-refractivity contribution in [3.8, 4) is 0 Å². The lowest BCUT2D eigenvalue weighted by molar-refractivity contribution is -0.143. The Bertz CT molecular complexity index is 1040. The van der Waals surface area contributed by atoms with Crippen LogP contribution in [0.15, 0.2) is 54.6 Å². The van der Waals surface area contributed by atoms with Crippen LogP contribution in [0, 0.1) is 34.9 Å². The molecule has 0 heterocycles. The normalized spacial score (nSPS) is 30.6. The van der Waals surface area contributed by atoms with Crippen LogP contribution in [0.4, 0.5) is 4.39 Å². The fourth-order valence-corrected chi connectivity index (χ4v) is 6.68. The molecular formula is C30H39FN2O3. The summed E-state index contributed by atoms with van der Waals surface area (Å²) < 4.78 is 13.2. The van der Waals surface area contributed by atoms with E-state index < -0.39 is 6.10 Å². The van der Waals surface area contributed by atoms with Crippen molar-refractivity contribution in [3.05, 3.63) is 71.5 Å². The molecule has 5 nitrogen and oxygen atoms in total. The van der Waals surface area contributed by atoms with Crippen LogP contribution < -0.4 is 10.6 Å². The number of carbonyl (C=O) groups excluding carboxylic acids is 2. The Kier molecular flexibility index (Phi) is 8.13. The quantitative estimate of drug-likeness (QED) is 0.525. The van der Waals surface area contributed by atoms with Gasteiger partial charge in [-0.2, -0.15) is 0 Å². The zero-order chi connectivity index (χ0) is 25.9. The molecule has 0 aromatic heterocycles. The minimum absolute atomic E-state index is 0.000296. The lowest BCUT2D eigenvalue weighted by Crippen LogP contribution is -2.58. The van der Waals surface area contributed by atoms with E-state index in [0.29, 0.717) is 13.0 Å². The molecule has 7 atom stereocenters. The van der Waals surface area contributed by atoms with Crippen molar-refractivity contribution in [1.29, 1.82) is 0 Å². The highest BCUT2D eigenvalue weighted by molar-refractivity contribution is 5.79. The summed E-state index contributed by atoms with van der Waals surface area (Å²) in [5.74, 6) is -0.749. The number of hydrogen-bond donors (Lipinski definition) is 3. The molecule has 2 aromatic carbocycles. The van der Waals surface area contributed by atoms with Gasteiger partial charge in [0, 0.05) is 18.5 Å². The molecule has 194 valence electrons. The van der Waals surface area contributed by atoms with Crippen molar-refractivity contribution in [1.82, 2.24) is 10.6 Å². The number of aliphatic hydroxyl groups excluding tert-OH is 1. The summed E-state index contributed by atoms with van der Waals surface area (Å²) in [6, 6.07) is 15.8. The summed E-state index contributed by atoms with van der Waals surface area (Å²) in [6.07, 6.45) is 3.36. The summed E-state index contributed by atoms with van der Waals surface area (Å²) in [5, 5.41) is 17.8. The van der Waals surface area contributed by atoms with Gasteiger partial charge in [-0.15, -0.1) is 0 Å². The van der Waals surface area contributed by atoms with E-state index in [1.807, 2.05) is 37.3 Å². The Hall–Kier alpha value is -2.73. The highest BCUT2D eigenvalue weighted by Crippen LogP contribution is 2.55. The van der Waals surface area contributed by atoms with Crippen LogP contribution >= 0.6 is 0 Å². The average molecular weight is 495 g/mol. The molecule has 2 aliphatic carbocycles. The van der Waals surface area contributed by atoms with Gasteiger partial charge in [-0.3, -0.25) is 9.59 Å². The van der Waals surface area contributed by atoms with E-state index in [1.165, 1.54) is 12.1 Å². The van der Waals surface area contributed by atoms with Crippen LogP contribution in [0.1, 0.15) is 57.6 Å². The number of fused-ring (bicyclic) bond motifs is 1. The highest BCUT2D eigenvalue weighted by atomic mass is 19.1. The van der Waals surface area contributed by atoms with E-state index in [9.17, 15) is 19.1 Å². The van der Waals surface area contributed by atoms with Gasteiger partial charge in [0.15, 0.2) is 0 Å². The largest absolute Gasteiger partial charge is 0.392 e. The number of halogens is 1. The van der Waals surface area contributed by atoms with Crippen molar-refractivity contribution in [2.24, 2.45) is 29.1 Å². The predicted octanol–water partition coefficient (Wildman–Crippen LogP) is 4.63. The van der Waals surface area contributed by atoms with E-state index in [2.05, 4.69) is 24.5 Å². The van der Waals surface area contributed by atoms with Gasteiger partial charge >= 0.3 is 0 Å². The molecule has 0 aliphatic heterocycles. The molecule has 0 saturated heterocycles. The van der Waals surface area contributed by atoms with Crippen molar-refractivity contribution in [2.75, 3.05) is 0 Å². The van der Waals surface area contributed by atoms with Gasteiger partial charge in [0.1, 0.15) is 5.82 Å². The third-order valence-corrected chi connectivity index (χ3v) is 8.88. The van der Waals surface area contributed by atoms with Gasteiger partial charge in [-0.1, -0.05) is 63.2 Å². The molecule has 6 heteroatoms. The lowest BCUT2D eigenvalue weighted by Gasteiger charge is -2.56. The van der Waals surface area contributed by atoms with E-state index in [-0.39, 0.29) is 52.8 Å². The van der Waals surface area contributed by atoms with Crippen LogP contribution in [0.3, 0.4) is 0 Å². The Morgan fingerprint density at radius 1 is 1.06 bits per heavy atom. The molecule has 0 bridgehead atoms. The summed E-state index contributed by atoms with van der Waals surface area (Å²) in [4.78, 5) is 25.7. The molecule has 2 aliphatic rings. The molecule has 0 spiro atoms. The average Bonchev–Trinajstić information content (AvgIpc) is 2.85. The van der Waals surface area contributed by atoms with Crippen molar-refractivity contribution in [3.63, 3.8) is 0 Å². The lowest BCUT2D eigenvalue weighted by atomic mass is 9.51. The Balaban J connectivity index is 1.38. The summed E-state index contributed by atoms with van der Waals surface area (Å²) in [5.41, 5.74) is 1.82. The van der Waals surface area contributed by atoms with Gasteiger partial charge in [-0.05, 0) is 72.1 Å². The molecule has 2 fully saturated rings.